The number of amides is 1. The largest absolute Gasteiger partial charge is 0.418 e. The molecule has 172 valence electrons. The minimum absolute atomic E-state index is 0.135. The molecular weight excluding hydrogens is 433 g/mol. The molecule has 0 unspecified atom stereocenters. The van der Waals surface area contributed by atoms with Gasteiger partial charge < -0.3 is 15.4 Å². The van der Waals surface area contributed by atoms with E-state index in [-0.39, 0.29) is 22.6 Å². The summed E-state index contributed by atoms with van der Waals surface area (Å²) in [7, 11) is 0. The molecule has 0 radical (unpaired) electrons. The van der Waals surface area contributed by atoms with E-state index in [2.05, 4.69) is 10.3 Å². The van der Waals surface area contributed by atoms with Crippen molar-refractivity contribution in [2.75, 3.05) is 5.32 Å². The lowest BCUT2D eigenvalue weighted by Crippen LogP contribution is -2.24. The number of aromatic nitrogens is 1. The first kappa shape index (κ1) is 21.7. The molecule has 2 aromatic carbocycles. The van der Waals surface area contributed by atoms with Crippen molar-refractivity contribution in [1.29, 1.82) is 0 Å². The summed E-state index contributed by atoms with van der Waals surface area (Å²) in [4.78, 5) is 28.6. The van der Waals surface area contributed by atoms with Gasteiger partial charge in [-0.05, 0) is 72.8 Å². The molecule has 2 aliphatic carbocycles. The van der Waals surface area contributed by atoms with Crippen LogP contribution >= 0.6 is 0 Å². The second-order valence-corrected chi connectivity index (χ2v) is 8.99. The van der Waals surface area contributed by atoms with E-state index in [1.165, 1.54) is 12.3 Å². The van der Waals surface area contributed by atoms with Crippen LogP contribution in [0.15, 0.2) is 47.4 Å². The number of carbonyl (C=O) groups excluding carboxylic acids is 1. The Kier molecular flexibility index (Phi) is 5.28. The summed E-state index contributed by atoms with van der Waals surface area (Å²) in [5, 5.41) is 12.0. The van der Waals surface area contributed by atoms with Crippen LogP contribution in [0.4, 0.5) is 18.9 Å². The Morgan fingerprint density at radius 3 is 2.42 bits per heavy atom. The molecule has 1 amide bonds. The van der Waals surface area contributed by atoms with Crippen molar-refractivity contribution in [3.63, 3.8) is 0 Å². The Bertz CT molecular complexity index is 1280. The Hall–Kier alpha value is -3.13. The minimum atomic E-state index is -4.66. The predicted octanol–water partition coefficient (Wildman–Crippen LogP) is 5.20. The number of alkyl halides is 3. The molecule has 0 spiro atoms. The summed E-state index contributed by atoms with van der Waals surface area (Å²) in [6, 6.07) is 8.94. The van der Waals surface area contributed by atoms with Crippen molar-refractivity contribution >= 4 is 22.5 Å². The number of nitrogens with one attached hydrogen (secondary N) is 2. The van der Waals surface area contributed by atoms with Crippen molar-refractivity contribution in [2.45, 2.75) is 44.4 Å². The second kappa shape index (κ2) is 8.02. The van der Waals surface area contributed by atoms with Gasteiger partial charge in [0.25, 0.3) is 5.91 Å². The number of aliphatic hydroxyl groups excluding tert-OH is 1. The van der Waals surface area contributed by atoms with Gasteiger partial charge in [-0.2, -0.15) is 13.2 Å². The molecule has 2 bridgehead atoms. The Morgan fingerprint density at radius 2 is 1.79 bits per heavy atom. The third kappa shape index (κ3) is 3.72. The number of anilines is 1. The molecule has 3 aromatic rings. The smallest absolute Gasteiger partial charge is 0.392 e. The minimum Gasteiger partial charge on any atom is -0.392 e. The van der Waals surface area contributed by atoms with Crippen LogP contribution in [-0.2, 0) is 12.8 Å². The van der Waals surface area contributed by atoms with Crippen LogP contribution in [0.5, 0.6) is 0 Å². The molecule has 1 aromatic heterocycles. The summed E-state index contributed by atoms with van der Waals surface area (Å²) >= 11 is 0. The maximum atomic E-state index is 13.9. The molecule has 0 atom stereocenters. The number of rotatable bonds is 4. The van der Waals surface area contributed by atoms with Crippen LogP contribution in [-0.4, -0.2) is 16.0 Å². The molecule has 1 heterocycles. The van der Waals surface area contributed by atoms with Crippen molar-refractivity contribution in [3.05, 3.63) is 75.1 Å². The van der Waals surface area contributed by atoms with Crippen molar-refractivity contribution in [3.8, 4) is 0 Å². The number of carbonyl (C=O) groups is 1. The molecule has 5 nitrogen and oxygen atoms in total. The quantitative estimate of drug-likeness (QED) is 0.505. The average Bonchev–Trinajstić information content (AvgIpc) is 3.39. The lowest BCUT2D eigenvalue weighted by atomic mass is 9.88. The highest BCUT2D eigenvalue weighted by Crippen LogP contribution is 2.55. The summed E-state index contributed by atoms with van der Waals surface area (Å²) in [6.07, 6.45) is 0.728. The van der Waals surface area contributed by atoms with E-state index in [0.29, 0.717) is 28.5 Å². The number of fused-ring (bicyclic) bond motifs is 3. The van der Waals surface area contributed by atoms with Crippen molar-refractivity contribution < 1.29 is 23.1 Å². The number of H-pyrrole nitrogens is 1. The van der Waals surface area contributed by atoms with Crippen molar-refractivity contribution in [1.82, 2.24) is 4.98 Å². The number of aliphatic hydroxyl groups is 1. The third-order valence-corrected chi connectivity index (χ3v) is 7.22. The first-order valence-corrected chi connectivity index (χ1v) is 11.0. The van der Waals surface area contributed by atoms with Crippen LogP contribution in [0.25, 0.3) is 10.9 Å². The molecule has 2 saturated carbocycles. The molecule has 0 aliphatic heterocycles. The first-order chi connectivity index (χ1) is 15.8. The van der Waals surface area contributed by atoms with Gasteiger partial charge in [0.1, 0.15) is 5.56 Å². The summed E-state index contributed by atoms with van der Waals surface area (Å²) in [5.41, 5.74) is -0.844. The number of benzene rings is 2. The van der Waals surface area contributed by atoms with E-state index in [0.717, 1.165) is 31.7 Å². The molecule has 8 heteroatoms. The number of pyridine rings is 1. The first-order valence-electron chi connectivity index (χ1n) is 11.0. The zero-order chi connectivity index (χ0) is 23.3. The van der Waals surface area contributed by atoms with E-state index in [1.807, 2.05) is 0 Å². The highest BCUT2D eigenvalue weighted by molar-refractivity contribution is 6.06. The molecule has 3 N–H and O–H groups in total. The van der Waals surface area contributed by atoms with Gasteiger partial charge in [0, 0.05) is 11.7 Å². The van der Waals surface area contributed by atoms with Crippen LogP contribution < -0.4 is 10.7 Å². The lowest BCUT2D eigenvalue weighted by molar-refractivity contribution is -0.137. The van der Waals surface area contributed by atoms with E-state index in [1.54, 1.807) is 24.3 Å². The molecule has 33 heavy (non-hydrogen) atoms. The number of hydrogen-bond acceptors (Lipinski definition) is 3. The molecule has 0 saturated heterocycles. The van der Waals surface area contributed by atoms with Gasteiger partial charge in [-0.1, -0.05) is 18.2 Å². The zero-order valence-electron chi connectivity index (χ0n) is 17.7. The van der Waals surface area contributed by atoms with Crippen molar-refractivity contribution in [2.24, 2.45) is 11.8 Å². The van der Waals surface area contributed by atoms with Gasteiger partial charge in [-0.15, -0.1) is 0 Å². The van der Waals surface area contributed by atoms with E-state index >= 15 is 0 Å². The normalized spacial score (nSPS) is 22.1. The Balaban J connectivity index is 1.51. The molecule has 5 rings (SSSR count). The SMILES string of the molecule is O=C(Nc1ccc(C2C3CCC2CC3)cc1C(F)(F)F)c1c[nH]c2cccc(CO)c2c1=O. The summed E-state index contributed by atoms with van der Waals surface area (Å²) in [5.74, 6) is 0.0444. The fourth-order valence-electron chi connectivity index (χ4n) is 5.73. The number of aromatic amines is 1. The third-order valence-electron chi connectivity index (χ3n) is 7.22. The van der Waals surface area contributed by atoms with E-state index < -0.39 is 29.7 Å². The highest BCUT2D eigenvalue weighted by Gasteiger charge is 2.43. The van der Waals surface area contributed by atoms with Gasteiger partial charge in [-0.3, -0.25) is 9.59 Å². The second-order valence-electron chi connectivity index (χ2n) is 8.99. The van der Waals surface area contributed by atoms with Gasteiger partial charge >= 0.3 is 6.18 Å². The molecule has 2 fully saturated rings. The standard InChI is InChI=1S/C25H23F3N2O3/c26-25(27,28)18-10-15(21-13-4-5-14(21)7-6-13)8-9-19(18)30-24(33)17-11-29-20-3-1-2-16(12-31)22(20)23(17)32/h1-3,8-11,13-14,21,31H,4-7,12H2,(H,29,32)(H,30,33). The van der Waals surface area contributed by atoms with Gasteiger partial charge in [0.15, 0.2) is 0 Å². The Morgan fingerprint density at radius 1 is 1.09 bits per heavy atom. The monoisotopic (exact) mass is 456 g/mol. The Labute approximate surface area is 187 Å². The molecule has 2 aliphatic rings. The van der Waals surface area contributed by atoms with Gasteiger partial charge in [0.05, 0.1) is 23.2 Å². The maximum Gasteiger partial charge on any atom is 0.418 e. The highest BCUT2D eigenvalue weighted by atomic mass is 19.4. The molecular formula is C25H23F3N2O3. The van der Waals surface area contributed by atoms with Crippen LogP contribution in [0.3, 0.4) is 0 Å². The van der Waals surface area contributed by atoms with Gasteiger partial charge in [-0.25, -0.2) is 0 Å². The van der Waals surface area contributed by atoms with Crippen LogP contribution in [0.1, 0.15) is 58.6 Å². The van der Waals surface area contributed by atoms with Crippen LogP contribution in [0.2, 0.25) is 0 Å². The fraction of sp³-hybridized carbons (Fsp3) is 0.360. The number of halogens is 3. The fourth-order valence-corrected chi connectivity index (χ4v) is 5.73. The lowest BCUT2D eigenvalue weighted by Gasteiger charge is -2.20. The summed E-state index contributed by atoms with van der Waals surface area (Å²) in [6.45, 7) is -0.408. The van der Waals surface area contributed by atoms with E-state index in [4.69, 9.17) is 0 Å². The maximum absolute atomic E-state index is 13.9. The van der Waals surface area contributed by atoms with Gasteiger partial charge in [0.2, 0.25) is 5.43 Å². The van der Waals surface area contributed by atoms with E-state index in [9.17, 15) is 27.9 Å². The van der Waals surface area contributed by atoms with Crippen LogP contribution in [0, 0.1) is 11.8 Å². The predicted molar refractivity (Wildman–Crippen MR) is 118 cm³/mol. The number of hydrogen-bond donors (Lipinski definition) is 3. The average molecular weight is 456 g/mol. The zero-order valence-corrected chi connectivity index (χ0v) is 17.7. The summed E-state index contributed by atoms with van der Waals surface area (Å²) < 4.78 is 41.8. The topological polar surface area (TPSA) is 82.2 Å².